The van der Waals surface area contributed by atoms with E-state index in [2.05, 4.69) is 4.98 Å². The Morgan fingerprint density at radius 3 is 2.86 bits per heavy atom. The highest BCUT2D eigenvalue weighted by molar-refractivity contribution is 6.30. The smallest absolute Gasteiger partial charge is 0.254 e. The summed E-state index contributed by atoms with van der Waals surface area (Å²) >= 11 is 5.91. The number of aromatic nitrogens is 1. The van der Waals surface area contributed by atoms with Crippen LogP contribution in [0.15, 0.2) is 12.3 Å². The lowest BCUT2D eigenvalue weighted by Crippen LogP contribution is -2.30. The molecule has 4 heteroatoms. The average molecular weight is 211 g/mol. The van der Waals surface area contributed by atoms with Gasteiger partial charge in [-0.1, -0.05) is 11.6 Å². The monoisotopic (exact) mass is 210 g/mol. The van der Waals surface area contributed by atoms with E-state index in [1.54, 1.807) is 17.2 Å². The van der Waals surface area contributed by atoms with Crippen LogP contribution < -0.4 is 0 Å². The predicted molar refractivity (Wildman–Crippen MR) is 54.3 cm³/mol. The number of pyridine rings is 1. The highest BCUT2D eigenvalue weighted by Crippen LogP contribution is 2.28. The molecule has 2 heterocycles. The van der Waals surface area contributed by atoms with Crippen molar-refractivity contribution in [1.82, 2.24) is 9.88 Å². The second kappa shape index (κ2) is 3.24. The molecular weight excluding hydrogens is 200 g/mol. The van der Waals surface area contributed by atoms with Gasteiger partial charge in [-0.25, -0.2) is 4.98 Å². The van der Waals surface area contributed by atoms with Crippen molar-refractivity contribution in [2.24, 2.45) is 0 Å². The van der Waals surface area contributed by atoms with Gasteiger partial charge >= 0.3 is 0 Å². The number of fused-ring (bicyclic) bond motifs is 1. The summed E-state index contributed by atoms with van der Waals surface area (Å²) in [4.78, 5) is 17.6. The minimum absolute atomic E-state index is 0.0549. The highest BCUT2D eigenvalue weighted by Gasteiger charge is 2.30. The van der Waals surface area contributed by atoms with Crippen LogP contribution in [0, 0.1) is 0 Å². The van der Waals surface area contributed by atoms with Crippen molar-refractivity contribution in [3.8, 4) is 0 Å². The van der Waals surface area contributed by atoms with Crippen LogP contribution in [0.4, 0.5) is 0 Å². The van der Waals surface area contributed by atoms with Gasteiger partial charge < -0.3 is 4.90 Å². The number of nitrogens with zero attached hydrogens (tertiary/aromatic N) is 2. The molecule has 0 fully saturated rings. The Kier molecular flexibility index (Phi) is 2.19. The van der Waals surface area contributed by atoms with Gasteiger partial charge in [0.25, 0.3) is 5.91 Å². The molecule has 1 amide bonds. The Labute approximate surface area is 87.7 Å². The zero-order valence-electron chi connectivity index (χ0n) is 8.12. The molecule has 1 aromatic heterocycles. The van der Waals surface area contributed by atoms with E-state index in [1.165, 1.54) is 0 Å². The third-order valence-corrected chi connectivity index (χ3v) is 2.77. The minimum atomic E-state index is 0.0549. The molecule has 14 heavy (non-hydrogen) atoms. The fourth-order valence-electron chi connectivity index (χ4n) is 1.63. The molecule has 0 spiro atoms. The van der Waals surface area contributed by atoms with E-state index in [0.29, 0.717) is 17.3 Å². The third kappa shape index (κ3) is 1.28. The topological polar surface area (TPSA) is 33.2 Å². The van der Waals surface area contributed by atoms with Crippen LogP contribution in [0.1, 0.15) is 29.8 Å². The molecule has 3 nitrogen and oxygen atoms in total. The summed E-state index contributed by atoms with van der Waals surface area (Å²) in [6.07, 6.45) is 1.57. The number of halogens is 1. The SMILES string of the molecule is CC(C)N1Cc2c(ccnc2Cl)C1=O. The van der Waals surface area contributed by atoms with Crippen molar-refractivity contribution in [3.63, 3.8) is 0 Å². The Morgan fingerprint density at radius 2 is 2.29 bits per heavy atom. The molecule has 0 unspecified atom stereocenters. The predicted octanol–water partition coefficient (Wildman–Crippen LogP) is 2.10. The molecule has 0 saturated heterocycles. The van der Waals surface area contributed by atoms with Gasteiger partial charge in [0.05, 0.1) is 6.54 Å². The van der Waals surface area contributed by atoms with Crippen LogP contribution in [-0.4, -0.2) is 21.8 Å². The Bertz CT molecular complexity index is 390. The molecule has 0 aromatic carbocycles. The number of hydrogen-bond donors (Lipinski definition) is 0. The van der Waals surface area contributed by atoms with E-state index in [9.17, 15) is 4.79 Å². The Hall–Kier alpha value is -1.09. The van der Waals surface area contributed by atoms with Gasteiger partial charge in [-0.2, -0.15) is 0 Å². The molecule has 1 aromatic rings. The lowest BCUT2D eigenvalue weighted by atomic mass is 10.2. The second-order valence-corrected chi connectivity index (χ2v) is 4.01. The summed E-state index contributed by atoms with van der Waals surface area (Å²) in [5, 5.41) is 0.444. The summed E-state index contributed by atoms with van der Waals surface area (Å²) in [6, 6.07) is 1.93. The summed E-state index contributed by atoms with van der Waals surface area (Å²) in [5.74, 6) is 0.0549. The zero-order chi connectivity index (χ0) is 10.3. The largest absolute Gasteiger partial charge is 0.332 e. The average Bonchev–Trinajstić information content (AvgIpc) is 2.46. The Balaban J connectivity index is 2.45. The van der Waals surface area contributed by atoms with Crippen LogP contribution in [0.25, 0.3) is 0 Å². The summed E-state index contributed by atoms with van der Waals surface area (Å²) in [6.45, 7) is 4.56. The minimum Gasteiger partial charge on any atom is -0.332 e. The molecule has 74 valence electrons. The van der Waals surface area contributed by atoms with E-state index < -0.39 is 0 Å². The van der Waals surface area contributed by atoms with Gasteiger partial charge in [-0.3, -0.25) is 4.79 Å². The summed E-state index contributed by atoms with van der Waals surface area (Å²) in [5.41, 5.74) is 1.55. The van der Waals surface area contributed by atoms with Gasteiger partial charge in [0, 0.05) is 23.4 Å². The first-order valence-electron chi connectivity index (χ1n) is 4.55. The van der Waals surface area contributed by atoms with Crippen molar-refractivity contribution in [3.05, 3.63) is 28.5 Å². The van der Waals surface area contributed by atoms with E-state index in [-0.39, 0.29) is 11.9 Å². The summed E-state index contributed by atoms with van der Waals surface area (Å²) in [7, 11) is 0. The lowest BCUT2D eigenvalue weighted by molar-refractivity contribution is 0.0730. The maximum absolute atomic E-state index is 11.8. The first kappa shape index (κ1) is 9.46. The fourth-order valence-corrected chi connectivity index (χ4v) is 1.85. The number of amides is 1. The molecule has 0 N–H and O–H groups in total. The first-order valence-corrected chi connectivity index (χ1v) is 4.93. The molecule has 0 atom stereocenters. The van der Waals surface area contributed by atoms with Crippen molar-refractivity contribution < 1.29 is 4.79 Å². The quantitative estimate of drug-likeness (QED) is 0.666. The Morgan fingerprint density at radius 1 is 1.57 bits per heavy atom. The summed E-state index contributed by atoms with van der Waals surface area (Å²) < 4.78 is 0. The highest BCUT2D eigenvalue weighted by atomic mass is 35.5. The second-order valence-electron chi connectivity index (χ2n) is 3.65. The van der Waals surface area contributed by atoms with Gasteiger partial charge in [0.15, 0.2) is 0 Å². The molecule has 1 aliphatic heterocycles. The molecule has 0 bridgehead atoms. The van der Waals surface area contributed by atoms with Gasteiger partial charge in [0.1, 0.15) is 5.15 Å². The van der Waals surface area contributed by atoms with Gasteiger partial charge in [0.2, 0.25) is 0 Å². The van der Waals surface area contributed by atoms with E-state index in [1.807, 2.05) is 13.8 Å². The molecule has 0 saturated carbocycles. The number of rotatable bonds is 1. The molecule has 2 rings (SSSR count). The molecule has 0 aliphatic carbocycles. The van der Waals surface area contributed by atoms with E-state index >= 15 is 0 Å². The zero-order valence-corrected chi connectivity index (χ0v) is 8.88. The van der Waals surface area contributed by atoms with Crippen LogP contribution in [0.2, 0.25) is 5.15 Å². The fraction of sp³-hybridized carbons (Fsp3) is 0.400. The normalized spacial score (nSPS) is 15.1. The van der Waals surface area contributed by atoms with Crippen LogP contribution >= 0.6 is 11.6 Å². The first-order chi connectivity index (χ1) is 6.61. The van der Waals surface area contributed by atoms with Crippen molar-refractivity contribution >= 4 is 17.5 Å². The van der Waals surface area contributed by atoms with Crippen LogP contribution in [0.5, 0.6) is 0 Å². The van der Waals surface area contributed by atoms with Gasteiger partial charge in [-0.15, -0.1) is 0 Å². The number of hydrogen-bond acceptors (Lipinski definition) is 2. The maximum Gasteiger partial charge on any atom is 0.254 e. The van der Waals surface area contributed by atoms with E-state index in [4.69, 9.17) is 11.6 Å². The van der Waals surface area contributed by atoms with Gasteiger partial charge in [-0.05, 0) is 19.9 Å². The third-order valence-electron chi connectivity index (χ3n) is 2.45. The number of carbonyl (C=O) groups is 1. The number of carbonyl (C=O) groups excluding carboxylic acids is 1. The molecule has 0 radical (unpaired) electrons. The maximum atomic E-state index is 11.8. The van der Waals surface area contributed by atoms with Crippen molar-refractivity contribution in [1.29, 1.82) is 0 Å². The van der Waals surface area contributed by atoms with Crippen LogP contribution in [-0.2, 0) is 6.54 Å². The van der Waals surface area contributed by atoms with E-state index in [0.717, 1.165) is 5.56 Å². The molecular formula is C10H11ClN2O. The molecule has 1 aliphatic rings. The van der Waals surface area contributed by atoms with Crippen LogP contribution in [0.3, 0.4) is 0 Å². The standard InChI is InChI=1S/C10H11ClN2O/c1-6(2)13-5-8-7(10(13)14)3-4-12-9(8)11/h3-4,6H,5H2,1-2H3. The van der Waals surface area contributed by atoms with Crippen molar-refractivity contribution in [2.75, 3.05) is 0 Å². The lowest BCUT2D eigenvalue weighted by Gasteiger charge is -2.19. The van der Waals surface area contributed by atoms with Crippen molar-refractivity contribution in [2.45, 2.75) is 26.4 Å².